The van der Waals surface area contributed by atoms with E-state index in [9.17, 15) is 21.6 Å². The first-order valence-corrected chi connectivity index (χ1v) is 6.51. The van der Waals surface area contributed by atoms with Gasteiger partial charge in [0.05, 0.1) is 27.1 Å². The van der Waals surface area contributed by atoms with Gasteiger partial charge in [-0.3, -0.25) is 0 Å². The van der Waals surface area contributed by atoms with Crippen molar-refractivity contribution in [3.05, 3.63) is 28.3 Å². The second-order valence-corrected chi connectivity index (χ2v) is 5.82. The first kappa shape index (κ1) is 14.1. The Kier molecular flexibility index (Phi) is 3.62. The van der Waals surface area contributed by atoms with E-state index in [1.54, 1.807) is 0 Å². The van der Waals surface area contributed by atoms with Gasteiger partial charge >= 0.3 is 6.18 Å². The Morgan fingerprint density at radius 1 is 1.29 bits per heavy atom. The number of hydrogen-bond acceptors (Lipinski definition) is 3. The molecule has 0 heterocycles. The minimum Gasteiger partial charge on any atom is -0.207 e. The molecule has 0 saturated heterocycles. The summed E-state index contributed by atoms with van der Waals surface area (Å²) in [6, 6.07) is 2.73. The normalized spacial score (nSPS) is 12.2. The van der Waals surface area contributed by atoms with Crippen LogP contribution in [0.1, 0.15) is 11.1 Å². The topological polar surface area (TPSA) is 57.9 Å². The summed E-state index contributed by atoms with van der Waals surface area (Å²) in [6.07, 6.45) is -4.98. The van der Waals surface area contributed by atoms with E-state index in [1.165, 1.54) is 6.07 Å². The Morgan fingerprint density at radius 3 is 2.18 bits per heavy atom. The standard InChI is InChI=1S/C8H2Cl2F3NO2S/c9-5-1-4(3-14)2-6(17(10,15)16)7(5)8(11,12)13/h1-2H. The highest BCUT2D eigenvalue weighted by Gasteiger charge is 2.39. The molecule has 1 aromatic rings. The Balaban J connectivity index is 3.78. The summed E-state index contributed by atoms with van der Waals surface area (Å²) in [7, 11) is 0.220. The summed E-state index contributed by atoms with van der Waals surface area (Å²) >= 11 is 5.31. The van der Waals surface area contributed by atoms with Gasteiger partial charge in [0.25, 0.3) is 9.05 Å². The zero-order chi connectivity index (χ0) is 13.4. The molecule has 1 aromatic carbocycles. The average Bonchev–Trinajstić information content (AvgIpc) is 2.12. The van der Waals surface area contributed by atoms with Crippen LogP contribution >= 0.6 is 22.3 Å². The van der Waals surface area contributed by atoms with Gasteiger partial charge in [-0.1, -0.05) is 11.6 Å². The number of hydrogen-bond donors (Lipinski definition) is 0. The first-order chi connectivity index (χ1) is 7.57. The molecule has 17 heavy (non-hydrogen) atoms. The maximum absolute atomic E-state index is 12.6. The molecule has 0 aliphatic heterocycles. The predicted octanol–water partition coefficient (Wildman–Crippen LogP) is 3.16. The van der Waals surface area contributed by atoms with E-state index < -0.39 is 30.7 Å². The Morgan fingerprint density at radius 2 is 1.82 bits per heavy atom. The van der Waals surface area contributed by atoms with Gasteiger partial charge in [-0.2, -0.15) is 18.4 Å². The van der Waals surface area contributed by atoms with Crippen molar-refractivity contribution >= 4 is 31.3 Å². The quantitative estimate of drug-likeness (QED) is 0.749. The molecule has 0 unspecified atom stereocenters. The van der Waals surface area contributed by atoms with E-state index in [-0.39, 0.29) is 5.56 Å². The Labute approximate surface area is 104 Å². The van der Waals surface area contributed by atoms with Crippen LogP contribution in [0.5, 0.6) is 0 Å². The highest BCUT2D eigenvalue weighted by atomic mass is 35.7. The monoisotopic (exact) mass is 303 g/mol. The number of rotatable bonds is 1. The smallest absolute Gasteiger partial charge is 0.207 e. The van der Waals surface area contributed by atoms with Gasteiger partial charge in [-0.05, 0) is 12.1 Å². The van der Waals surface area contributed by atoms with Crippen molar-refractivity contribution < 1.29 is 21.6 Å². The van der Waals surface area contributed by atoms with Gasteiger partial charge in [-0.15, -0.1) is 0 Å². The number of benzene rings is 1. The van der Waals surface area contributed by atoms with Gasteiger partial charge < -0.3 is 0 Å². The molecule has 0 spiro atoms. The lowest BCUT2D eigenvalue weighted by molar-refractivity contribution is -0.139. The van der Waals surface area contributed by atoms with E-state index in [1.807, 2.05) is 0 Å². The molecule has 0 atom stereocenters. The van der Waals surface area contributed by atoms with Crippen LogP contribution in [0.3, 0.4) is 0 Å². The zero-order valence-corrected chi connectivity index (χ0v) is 10.0. The van der Waals surface area contributed by atoms with Gasteiger partial charge in [0.1, 0.15) is 0 Å². The van der Waals surface area contributed by atoms with Crippen molar-refractivity contribution in [1.82, 2.24) is 0 Å². The minimum absolute atomic E-state index is 0.331. The summed E-state index contributed by atoms with van der Waals surface area (Å²) in [5.74, 6) is 0. The fourth-order valence-electron chi connectivity index (χ4n) is 1.11. The molecule has 1 rings (SSSR count). The lowest BCUT2D eigenvalue weighted by atomic mass is 10.1. The molecule has 3 nitrogen and oxygen atoms in total. The molecule has 0 saturated carbocycles. The molecule has 92 valence electrons. The second kappa shape index (κ2) is 4.37. The third-order valence-electron chi connectivity index (χ3n) is 1.73. The maximum Gasteiger partial charge on any atom is 0.419 e. The fourth-order valence-corrected chi connectivity index (χ4v) is 2.60. The average molecular weight is 304 g/mol. The molecule has 0 aromatic heterocycles. The minimum atomic E-state index is -4.98. The third-order valence-corrected chi connectivity index (χ3v) is 3.37. The number of nitriles is 1. The summed E-state index contributed by atoms with van der Waals surface area (Å²) in [5, 5.41) is 7.63. The van der Waals surface area contributed by atoms with E-state index in [0.717, 1.165) is 6.07 Å². The highest BCUT2D eigenvalue weighted by Crippen LogP contribution is 2.40. The Hall–Kier alpha value is -0.970. The summed E-state index contributed by atoms with van der Waals surface area (Å²) in [6.45, 7) is 0. The van der Waals surface area contributed by atoms with Gasteiger partial charge in [0.15, 0.2) is 0 Å². The van der Waals surface area contributed by atoms with Crippen molar-refractivity contribution in [2.45, 2.75) is 11.1 Å². The van der Waals surface area contributed by atoms with E-state index >= 15 is 0 Å². The van der Waals surface area contributed by atoms with E-state index in [0.29, 0.717) is 6.07 Å². The van der Waals surface area contributed by atoms with Crippen LogP contribution in [0.15, 0.2) is 17.0 Å². The summed E-state index contributed by atoms with van der Waals surface area (Å²) in [4.78, 5) is -1.23. The SMILES string of the molecule is N#Cc1cc(Cl)c(C(F)(F)F)c(S(=O)(=O)Cl)c1. The van der Waals surface area contributed by atoms with Crippen molar-refractivity contribution in [3.63, 3.8) is 0 Å². The maximum atomic E-state index is 12.6. The van der Waals surface area contributed by atoms with Crippen LogP contribution in [-0.2, 0) is 15.2 Å². The fraction of sp³-hybridized carbons (Fsp3) is 0.125. The highest BCUT2D eigenvalue weighted by molar-refractivity contribution is 8.13. The second-order valence-electron chi connectivity index (χ2n) is 2.88. The first-order valence-electron chi connectivity index (χ1n) is 3.83. The van der Waals surface area contributed by atoms with E-state index in [2.05, 4.69) is 0 Å². The van der Waals surface area contributed by atoms with Gasteiger partial charge in [0, 0.05) is 10.7 Å². The van der Waals surface area contributed by atoms with Crippen molar-refractivity contribution in [1.29, 1.82) is 5.26 Å². The molecule has 9 heteroatoms. The van der Waals surface area contributed by atoms with Crippen LogP contribution in [-0.4, -0.2) is 8.42 Å². The molecular formula is C8H2Cl2F3NO2S. The third kappa shape index (κ3) is 3.03. The zero-order valence-electron chi connectivity index (χ0n) is 7.72. The predicted molar refractivity (Wildman–Crippen MR) is 54.2 cm³/mol. The molecule has 0 amide bonds. The number of halogens is 5. The van der Waals surface area contributed by atoms with Crippen LogP contribution in [0.4, 0.5) is 13.2 Å². The van der Waals surface area contributed by atoms with Gasteiger partial charge in [-0.25, -0.2) is 8.42 Å². The molecule has 0 aliphatic carbocycles. The van der Waals surface area contributed by atoms with Crippen molar-refractivity contribution in [3.8, 4) is 6.07 Å². The summed E-state index contributed by atoms with van der Waals surface area (Å²) < 4.78 is 59.8. The Bertz CT molecular complexity index is 604. The van der Waals surface area contributed by atoms with E-state index in [4.69, 9.17) is 27.5 Å². The molecule has 0 radical (unpaired) electrons. The molecule has 0 fully saturated rings. The lowest BCUT2D eigenvalue weighted by Gasteiger charge is -2.12. The number of alkyl halides is 3. The van der Waals surface area contributed by atoms with Crippen LogP contribution in [0, 0.1) is 11.3 Å². The lowest BCUT2D eigenvalue weighted by Crippen LogP contribution is -2.12. The summed E-state index contributed by atoms with van der Waals surface area (Å²) in [5.41, 5.74) is -1.91. The van der Waals surface area contributed by atoms with Crippen molar-refractivity contribution in [2.24, 2.45) is 0 Å². The molecule has 0 N–H and O–H groups in total. The largest absolute Gasteiger partial charge is 0.419 e. The van der Waals surface area contributed by atoms with Crippen LogP contribution in [0.25, 0.3) is 0 Å². The molecule has 0 bridgehead atoms. The number of nitrogens with zero attached hydrogens (tertiary/aromatic N) is 1. The van der Waals surface area contributed by atoms with Gasteiger partial charge in [0.2, 0.25) is 0 Å². The van der Waals surface area contributed by atoms with Crippen molar-refractivity contribution in [2.75, 3.05) is 0 Å². The molecule has 0 aliphatic rings. The molecular weight excluding hydrogens is 302 g/mol. The van der Waals surface area contributed by atoms with Crippen LogP contribution < -0.4 is 0 Å². The van der Waals surface area contributed by atoms with Crippen LogP contribution in [0.2, 0.25) is 5.02 Å².